The van der Waals surface area contributed by atoms with Crippen molar-refractivity contribution in [2.45, 2.75) is 58.3 Å². The summed E-state index contributed by atoms with van der Waals surface area (Å²) in [5.41, 5.74) is 0. The van der Waals surface area contributed by atoms with Gasteiger partial charge in [0, 0.05) is 5.41 Å². The molecule has 0 fully saturated rings. The van der Waals surface area contributed by atoms with Crippen LogP contribution in [0.3, 0.4) is 0 Å². The minimum absolute atomic E-state index is 0.931. The molecule has 0 aliphatic rings. The molecule has 1 unspecified atom stereocenters. The Morgan fingerprint density at radius 2 is 1.64 bits per heavy atom. The van der Waals surface area contributed by atoms with E-state index in [0.29, 0.717) is 0 Å². The summed E-state index contributed by atoms with van der Waals surface area (Å²) in [5, 5.41) is 1.34. The van der Waals surface area contributed by atoms with Crippen LogP contribution in [0.2, 0.25) is 0 Å². The Balaban J connectivity index is 3.02. The lowest BCUT2D eigenvalue weighted by Gasteiger charge is -1.98. The van der Waals surface area contributed by atoms with E-state index in [0.717, 1.165) is 12.8 Å². The van der Waals surface area contributed by atoms with Gasteiger partial charge in [-0.15, -0.1) is 0 Å². The fourth-order valence-electron chi connectivity index (χ4n) is 1.37. The maximum atomic E-state index is 10.2. The van der Waals surface area contributed by atoms with Crippen LogP contribution >= 0.6 is 0 Å². The highest BCUT2D eigenvalue weighted by atomic mass is 32.2. The monoisotopic (exact) mass is 218 g/mol. The van der Waals surface area contributed by atoms with E-state index in [1.54, 1.807) is 6.08 Å². The van der Waals surface area contributed by atoms with Crippen LogP contribution in [0.25, 0.3) is 0 Å². The zero-order valence-electron chi connectivity index (χ0n) is 9.08. The Bertz CT molecular complexity index is 167. The highest BCUT2D eigenvalue weighted by Crippen LogP contribution is 2.08. The summed E-state index contributed by atoms with van der Waals surface area (Å²) in [6, 6.07) is 0. The van der Waals surface area contributed by atoms with Crippen LogP contribution in [-0.4, -0.2) is 8.76 Å². The van der Waals surface area contributed by atoms with Crippen LogP contribution in [-0.2, 0) is 11.1 Å². The second kappa shape index (κ2) is 10.9. The molecule has 1 N–H and O–H groups in total. The largest absolute Gasteiger partial charge is 0.303 e. The Labute approximate surface area is 90.1 Å². The molecule has 0 amide bonds. The number of unbranched alkanes of at least 4 members (excludes halogenated alkanes) is 7. The maximum absolute atomic E-state index is 10.2. The zero-order chi connectivity index (χ0) is 10.6. The molecule has 0 heterocycles. The van der Waals surface area contributed by atoms with Crippen molar-refractivity contribution in [3.8, 4) is 0 Å². The van der Waals surface area contributed by atoms with E-state index in [1.165, 1.54) is 43.9 Å². The molecular weight excluding hydrogens is 196 g/mol. The predicted molar refractivity (Wildman–Crippen MR) is 62.5 cm³/mol. The molecule has 0 radical (unpaired) electrons. The number of hydrogen-bond donors (Lipinski definition) is 1. The molecule has 14 heavy (non-hydrogen) atoms. The molecule has 0 bridgehead atoms. The van der Waals surface area contributed by atoms with Crippen molar-refractivity contribution in [1.82, 2.24) is 0 Å². The van der Waals surface area contributed by atoms with E-state index < -0.39 is 11.1 Å². The molecule has 3 heteroatoms. The van der Waals surface area contributed by atoms with Gasteiger partial charge in [0.15, 0.2) is 11.1 Å². The maximum Gasteiger partial charge on any atom is 0.178 e. The van der Waals surface area contributed by atoms with E-state index in [4.69, 9.17) is 4.55 Å². The van der Waals surface area contributed by atoms with Crippen molar-refractivity contribution in [3.05, 3.63) is 11.5 Å². The van der Waals surface area contributed by atoms with E-state index in [2.05, 4.69) is 6.92 Å². The summed E-state index contributed by atoms with van der Waals surface area (Å²) in [5.74, 6) is 0. The number of allylic oxidation sites excluding steroid dienone is 1. The third-order valence-corrected chi connectivity index (χ3v) is 2.61. The molecule has 0 aromatic heterocycles. The van der Waals surface area contributed by atoms with E-state index >= 15 is 0 Å². The fraction of sp³-hybridized carbons (Fsp3) is 0.818. The van der Waals surface area contributed by atoms with Crippen molar-refractivity contribution < 1.29 is 8.76 Å². The minimum Gasteiger partial charge on any atom is -0.303 e. The van der Waals surface area contributed by atoms with Gasteiger partial charge in [-0.1, -0.05) is 51.5 Å². The van der Waals surface area contributed by atoms with Gasteiger partial charge in [0.2, 0.25) is 0 Å². The first-order valence-electron chi connectivity index (χ1n) is 5.53. The van der Waals surface area contributed by atoms with Gasteiger partial charge in [-0.05, 0) is 12.8 Å². The van der Waals surface area contributed by atoms with Crippen molar-refractivity contribution in [3.63, 3.8) is 0 Å². The van der Waals surface area contributed by atoms with E-state index in [1.807, 2.05) is 0 Å². The molecular formula is C11H22O2S. The van der Waals surface area contributed by atoms with Crippen LogP contribution in [0, 0.1) is 0 Å². The summed E-state index contributed by atoms with van der Waals surface area (Å²) in [6.07, 6.45) is 11.7. The van der Waals surface area contributed by atoms with Gasteiger partial charge in [0.05, 0.1) is 0 Å². The molecule has 1 atom stereocenters. The third-order valence-electron chi connectivity index (χ3n) is 2.19. The molecule has 2 nitrogen and oxygen atoms in total. The average molecular weight is 218 g/mol. The van der Waals surface area contributed by atoms with Gasteiger partial charge in [0.1, 0.15) is 0 Å². The molecule has 0 aliphatic heterocycles. The van der Waals surface area contributed by atoms with Crippen molar-refractivity contribution in [2.24, 2.45) is 0 Å². The van der Waals surface area contributed by atoms with Crippen molar-refractivity contribution in [2.75, 3.05) is 0 Å². The smallest absolute Gasteiger partial charge is 0.178 e. The van der Waals surface area contributed by atoms with Gasteiger partial charge in [-0.2, -0.15) is 0 Å². The predicted octanol–water partition coefficient (Wildman–Crippen LogP) is 3.86. The zero-order valence-corrected chi connectivity index (χ0v) is 9.89. The van der Waals surface area contributed by atoms with Gasteiger partial charge in [-0.3, -0.25) is 0 Å². The molecule has 0 aromatic carbocycles. The van der Waals surface area contributed by atoms with E-state index in [-0.39, 0.29) is 0 Å². The molecule has 0 saturated heterocycles. The lowest BCUT2D eigenvalue weighted by atomic mass is 10.1. The van der Waals surface area contributed by atoms with Crippen molar-refractivity contribution >= 4 is 11.1 Å². The molecule has 0 aliphatic carbocycles. The Morgan fingerprint density at radius 3 is 2.21 bits per heavy atom. The second-order valence-electron chi connectivity index (χ2n) is 3.56. The minimum atomic E-state index is -1.76. The SMILES string of the molecule is CCCCCCCCCC=CS(=O)O. The number of rotatable bonds is 9. The van der Waals surface area contributed by atoms with E-state index in [9.17, 15) is 4.21 Å². The summed E-state index contributed by atoms with van der Waals surface area (Å²) in [4.78, 5) is 0. The normalized spacial score (nSPS) is 13.6. The summed E-state index contributed by atoms with van der Waals surface area (Å²) < 4.78 is 18.7. The molecule has 0 spiro atoms. The quantitative estimate of drug-likeness (QED) is 0.471. The molecule has 0 rings (SSSR count). The average Bonchev–Trinajstić information content (AvgIpc) is 2.15. The Kier molecular flexibility index (Phi) is 10.8. The van der Waals surface area contributed by atoms with Crippen LogP contribution in [0.4, 0.5) is 0 Å². The first-order valence-corrected chi connectivity index (χ1v) is 6.70. The summed E-state index contributed by atoms with van der Waals surface area (Å²) in [7, 11) is 0. The van der Waals surface area contributed by atoms with Gasteiger partial charge in [0.25, 0.3) is 0 Å². The molecule has 0 saturated carbocycles. The molecule has 0 aromatic rings. The third kappa shape index (κ3) is 11.8. The van der Waals surface area contributed by atoms with Crippen LogP contribution in [0.5, 0.6) is 0 Å². The van der Waals surface area contributed by atoms with Crippen molar-refractivity contribution in [1.29, 1.82) is 0 Å². The van der Waals surface area contributed by atoms with Crippen LogP contribution in [0.1, 0.15) is 58.3 Å². The summed E-state index contributed by atoms with van der Waals surface area (Å²) in [6.45, 7) is 2.22. The Hall–Kier alpha value is -0.150. The lowest BCUT2D eigenvalue weighted by Crippen LogP contribution is -1.80. The second-order valence-corrected chi connectivity index (χ2v) is 4.38. The fourth-order valence-corrected chi connectivity index (χ4v) is 1.67. The highest BCUT2D eigenvalue weighted by molar-refractivity contribution is 7.82. The lowest BCUT2D eigenvalue weighted by molar-refractivity contribution is 0.573. The summed E-state index contributed by atoms with van der Waals surface area (Å²) >= 11 is -1.76. The van der Waals surface area contributed by atoms with Gasteiger partial charge in [-0.25, -0.2) is 4.21 Å². The standard InChI is InChI=1S/C11H22O2S/c1-2-3-4-5-6-7-8-9-10-11-14(12)13/h10-11H,2-9H2,1H3,(H,12,13). The Morgan fingerprint density at radius 1 is 1.07 bits per heavy atom. The number of hydrogen-bond acceptors (Lipinski definition) is 1. The van der Waals surface area contributed by atoms with Gasteiger partial charge < -0.3 is 4.55 Å². The first-order chi connectivity index (χ1) is 6.77. The van der Waals surface area contributed by atoms with Crippen LogP contribution < -0.4 is 0 Å². The van der Waals surface area contributed by atoms with Crippen LogP contribution in [0.15, 0.2) is 11.5 Å². The van der Waals surface area contributed by atoms with Gasteiger partial charge >= 0.3 is 0 Å². The first kappa shape index (κ1) is 13.8. The highest BCUT2D eigenvalue weighted by Gasteiger charge is 1.89. The topological polar surface area (TPSA) is 37.3 Å². The molecule has 84 valence electrons.